The fourth-order valence-corrected chi connectivity index (χ4v) is 1.73. The number of nitrogens with zero attached hydrogens (tertiary/aromatic N) is 1. The summed E-state index contributed by atoms with van der Waals surface area (Å²) in [7, 11) is 0. The highest BCUT2D eigenvalue weighted by Crippen LogP contribution is 2.23. The molecule has 0 aliphatic rings. The number of carboxylic acids is 1. The molecule has 0 heterocycles. The van der Waals surface area contributed by atoms with Crippen LogP contribution in [0.25, 0.3) is 0 Å². The van der Waals surface area contributed by atoms with Crippen LogP contribution < -0.4 is 10.1 Å². The number of carbonyl (C=O) groups excluding carboxylic acids is 1. The standard InChI is InChI=1S/C14H20N2O4/c1-3-9-16(10-13(17)18)14(19)15-11-7-5-6-8-12(11)20-4-2/h5-8H,3-4,9-10H2,1-2H3,(H,15,19)(H,17,18). The summed E-state index contributed by atoms with van der Waals surface area (Å²) in [6.07, 6.45) is 0.688. The summed E-state index contributed by atoms with van der Waals surface area (Å²) < 4.78 is 5.41. The normalized spacial score (nSPS) is 9.90. The van der Waals surface area contributed by atoms with Crippen molar-refractivity contribution in [3.05, 3.63) is 24.3 Å². The van der Waals surface area contributed by atoms with Crippen LogP contribution in [0, 0.1) is 0 Å². The molecule has 2 amide bonds. The number of urea groups is 1. The molecule has 1 aromatic carbocycles. The van der Waals surface area contributed by atoms with Crippen molar-refractivity contribution in [2.24, 2.45) is 0 Å². The third kappa shape index (κ3) is 4.79. The molecule has 110 valence electrons. The minimum atomic E-state index is -1.04. The molecule has 0 bridgehead atoms. The Labute approximate surface area is 118 Å². The maximum atomic E-state index is 12.1. The maximum Gasteiger partial charge on any atom is 0.323 e. The van der Waals surface area contributed by atoms with Crippen molar-refractivity contribution in [1.29, 1.82) is 0 Å². The lowest BCUT2D eigenvalue weighted by molar-refractivity contribution is -0.137. The van der Waals surface area contributed by atoms with E-state index in [0.717, 1.165) is 0 Å². The van der Waals surface area contributed by atoms with E-state index in [2.05, 4.69) is 5.32 Å². The Balaban J connectivity index is 2.79. The summed E-state index contributed by atoms with van der Waals surface area (Å²) in [6, 6.07) is 6.61. The molecule has 0 aliphatic carbocycles. The van der Waals surface area contributed by atoms with E-state index in [1.807, 2.05) is 19.9 Å². The minimum Gasteiger partial charge on any atom is -0.492 e. The van der Waals surface area contributed by atoms with Crippen LogP contribution >= 0.6 is 0 Å². The van der Waals surface area contributed by atoms with E-state index in [4.69, 9.17) is 9.84 Å². The number of carbonyl (C=O) groups is 2. The Kier molecular flexibility index (Phi) is 6.36. The Bertz CT molecular complexity index is 462. The first-order chi connectivity index (χ1) is 9.58. The molecular formula is C14H20N2O4. The van der Waals surface area contributed by atoms with Gasteiger partial charge in [-0.1, -0.05) is 19.1 Å². The van der Waals surface area contributed by atoms with E-state index in [0.29, 0.717) is 31.0 Å². The van der Waals surface area contributed by atoms with E-state index in [1.54, 1.807) is 18.2 Å². The van der Waals surface area contributed by atoms with Crippen molar-refractivity contribution in [2.45, 2.75) is 20.3 Å². The number of hydrogen-bond donors (Lipinski definition) is 2. The Morgan fingerprint density at radius 1 is 1.30 bits per heavy atom. The van der Waals surface area contributed by atoms with E-state index < -0.39 is 12.0 Å². The van der Waals surface area contributed by atoms with Gasteiger partial charge in [0.1, 0.15) is 12.3 Å². The Morgan fingerprint density at radius 3 is 2.60 bits per heavy atom. The van der Waals surface area contributed by atoms with Crippen molar-refractivity contribution >= 4 is 17.7 Å². The molecule has 0 saturated heterocycles. The zero-order valence-corrected chi connectivity index (χ0v) is 11.8. The molecular weight excluding hydrogens is 260 g/mol. The summed E-state index contributed by atoms with van der Waals surface area (Å²) in [5.41, 5.74) is 0.533. The number of nitrogens with one attached hydrogen (secondary N) is 1. The minimum absolute atomic E-state index is 0.323. The SMILES string of the molecule is CCCN(CC(=O)O)C(=O)Nc1ccccc1OCC. The third-order valence-electron chi connectivity index (χ3n) is 2.54. The molecule has 0 fully saturated rings. The van der Waals surface area contributed by atoms with Gasteiger partial charge in [0.2, 0.25) is 0 Å². The quantitative estimate of drug-likeness (QED) is 0.804. The molecule has 6 heteroatoms. The predicted molar refractivity (Wildman–Crippen MR) is 76.1 cm³/mol. The van der Waals surface area contributed by atoms with Gasteiger partial charge in [0.25, 0.3) is 0 Å². The van der Waals surface area contributed by atoms with Crippen molar-refractivity contribution < 1.29 is 19.4 Å². The lowest BCUT2D eigenvalue weighted by Gasteiger charge is -2.21. The van der Waals surface area contributed by atoms with Gasteiger partial charge < -0.3 is 20.1 Å². The maximum absolute atomic E-state index is 12.1. The fourth-order valence-electron chi connectivity index (χ4n) is 1.73. The Hall–Kier alpha value is -2.24. The zero-order chi connectivity index (χ0) is 15.0. The molecule has 0 aromatic heterocycles. The molecule has 20 heavy (non-hydrogen) atoms. The van der Waals surface area contributed by atoms with Gasteiger partial charge in [0.15, 0.2) is 0 Å². The van der Waals surface area contributed by atoms with Crippen molar-refractivity contribution in [3.8, 4) is 5.75 Å². The van der Waals surface area contributed by atoms with Gasteiger partial charge in [-0.25, -0.2) is 4.79 Å². The van der Waals surface area contributed by atoms with Crippen LogP contribution in [-0.4, -0.2) is 41.7 Å². The number of ether oxygens (including phenoxy) is 1. The van der Waals surface area contributed by atoms with Crippen LogP contribution in [0.4, 0.5) is 10.5 Å². The molecule has 2 N–H and O–H groups in total. The molecule has 0 saturated carbocycles. The van der Waals surface area contributed by atoms with Crippen LogP contribution in [0.5, 0.6) is 5.75 Å². The van der Waals surface area contributed by atoms with Crippen LogP contribution in [-0.2, 0) is 4.79 Å². The number of rotatable bonds is 7. The highest BCUT2D eigenvalue weighted by Gasteiger charge is 2.17. The molecule has 6 nitrogen and oxygen atoms in total. The third-order valence-corrected chi connectivity index (χ3v) is 2.54. The second-order valence-electron chi connectivity index (χ2n) is 4.17. The lowest BCUT2D eigenvalue weighted by Crippen LogP contribution is -2.39. The van der Waals surface area contributed by atoms with Crippen LogP contribution in [0.1, 0.15) is 20.3 Å². The van der Waals surface area contributed by atoms with Gasteiger partial charge in [-0.05, 0) is 25.5 Å². The number of carboxylic acid groups (broad SMARTS) is 1. The van der Waals surface area contributed by atoms with Gasteiger partial charge in [-0.3, -0.25) is 4.79 Å². The largest absolute Gasteiger partial charge is 0.492 e. The molecule has 1 aromatic rings. The summed E-state index contributed by atoms with van der Waals surface area (Å²) in [5, 5.41) is 11.5. The molecule has 0 spiro atoms. The molecule has 0 atom stereocenters. The van der Waals surface area contributed by atoms with Gasteiger partial charge in [-0.2, -0.15) is 0 Å². The van der Waals surface area contributed by atoms with E-state index in [1.165, 1.54) is 4.90 Å². The smallest absolute Gasteiger partial charge is 0.323 e. The second kappa shape index (κ2) is 8.04. The summed E-state index contributed by atoms with van der Waals surface area (Å²) in [4.78, 5) is 24.1. The first-order valence-corrected chi connectivity index (χ1v) is 6.58. The number of hydrogen-bond acceptors (Lipinski definition) is 3. The van der Waals surface area contributed by atoms with Crippen LogP contribution in [0.15, 0.2) is 24.3 Å². The average molecular weight is 280 g/mol. The highest BCUT2D eigenvalue weighted by molar-refractivity contribution is 5.92. The molecule has 0 radical (unpaired) electrons. The predicted octanol–water partition coefficient (Wildman–Crippen LogP) is 2.41. The first-order valence-electron chi connectivity index (χ1n) is 6.58. The van der Waals surface area contributed by atoms with Crippen LogP contribution in [0.3, 0.4) is 0 Å². The van der Waals surface area contributed by atoms with Crippen molar-refractivity contribution in [1.82, 2.24) is 4.90 Å². The zero-order valence-electron chi connectivity index (χ0n) is 11.8. The average Bonchev–Trinajstić information content (AvgIpc) is 2.40. The molecule has 0 unspecified atom stereocenters. The summed E-state index contributed by atoms with van der Waals surface area (Å²) in [6.45, 7) is 4.29. The van der Waals surface area contributed by atoms with E-state index in [-0.39, 0.29) is 6.54 Å². The monoisotopic (exact) mass is 280 g/mol. The van der Waals surface area contributed by atoms with Crippen LogP contribution in [0.2, 0.25) is 0 Å². The number of amides is 2. The highest BCUT2D eigenvalue weighted by atomic mass is 16.5. The Morgan fingerprint density at radius 2 is 2.00 bits per heavy atom. The summed E-state index contributed by atoms with van der Waals surface area (Å²) >= 11 is 0. The second-order valence-corrected chi connectivity index (χ2v) is 4.17. The van der Waals surface area contributed by atoms with Gasteiger partial charge in [-0.15, -0.1) is 0 Å². The number of benzene rings is 1. The van der Waals surface area contributed by atoms with Gasteiger partial charge >= 0.3 is 12.0 Å². The number of anilines is 1. The fraction of sp³-hybridized carbons (Fsp3) is 0.429. The van der Waals surface area contributed by atoms with Crippen molar-refractivity contribution in [3.63, 3.8) is 0 Å². The number of aliphatic carboxylic acids is 1. The first kappa shape index (κ1) is 15.8. The topological polar surface area (TPSA) is 78.9 Å². The molecule has 0 aliphatic heterocycles. The van der Waals surface area contributed by atoms with Gasteiger partial charge in [0, 0.05) is 6.54 Å². The molecule has 1 rings (SSSR count). The van der Waals surface area contributed by atoms with Gasteiger partial charge in [0.05, 0.1) is 12.3 Å². The van der Waals surface area contributed by atoms with E-state index >= 15 is 0 Å². The van der Waals surface area contributed by atoms with Crippen molar-refractivity contribution in [2.75, 3.05) is 25.0 Å². The van der Waals surface area contributed by atoms with E-state index in [9.17, 15) is 9.59 Å². The number of para-hydroxylation sites is 2. The lowest BCUT2D eigenvalue weighted by atomic mass is 10.3. The summed E-state index contributed by atoms with van der Waals surface area (Å²) in [5.74, 6) is -0.471.